The largest absolute Gasteiger partial charge is 0.481 e. The number of amides is 1. The summed E-state index contributed by atoms with van der Waals surface area (Å²) >= 11 is 1.14. The third-order valence-corrected chi connectivity index (χ3v) is 5.38. The predicted molar refractivity (Wildman–Crippen MR) is 100 cm³/mol. The monoisotopic (exact) mass is 364 g/mol. The van der Waals surface area contributed by atoms with Gasteiger partial charge in [0.15, 0.2) is 6.61 Å². The maximum absolute atomic E-state index is 12.7. The van der Waals surface area contributed by atoms with E-state index in [9.17, 15) is 4.79 Å². The van der Waals surface area contributed by atoms with Crippen molar-refractivity contribution in [1.29, 1.82) is 0 Å². The molecule has 0 saturated carbocycles. The first kappa shape index (κ1) is 15.3. The third-order valence-electron chi connectivity index (χ3n) is 4.84. The van der Waals surface area contributed by atoms with E-state index < -0.39 is 0 Å². The molecule has 2 aromatic carbocycles. The maximum Gasteiger partial charge on any atom is 0.260 e. The second-order valence-corrected chi connectivity index (χ2v) is 6.90. The van der Waals surface area contributed by atoms with Gasteiger partial charge in [0.2, 0.25) is 0 Å². The van der Waals surface area contributed by atoms with Gasteiger partial charge in [0.05, 0.1) is 11.7 Å². The average molecular weight is 364 g/mol. The maximum atomic E-state index is 12.7. The molecule has 0 radical (unpaired) electrons. The van der Waals surface area contributed by atoms with Crippen LogP contribution in [0.25, 0.3) is 21.9 Å². The Morgan fingerprint density at radius 1 is 1.19 bits per heavy atom. The summed E-state index contributed by atoms with van der Waals surface area (Å²) in [5, 5.41) is 1.19. The fourth-order valence-corrected chi connectivity index (χ4v) is 4.05. The molecule has 0 saturated heterocycles. The zero-order valence-corrected chi connectivity index (χ0v) is 14.8. The van der Waals surface area contributed by atoms with Gasteiger partial charge < -0.3 is 14.6 Å². The zero-order valence-electron chi connectivity index (χ0n) is 13.9. The Bertz CT molecular complexity index is 1120. The molecule has 0 fully saturated rings. The normalized spacial score (nSPS) is 13.9. The second-order valence-electron chi connectivity index (χ2n) is 6.37. The number of carbonyl (C=O) groups is 1. The Hall–Kier alpha value is -2.93. The first-order valence-corrected chi connectivity index (χ1v) is 9.23. The molecule has 2 aromatic heterocycles. The summed E-state index contributed by atoms with van der Waals surface area (Å²) in [6.45, 7) is 1.32. The number of carbonyl (C=O) groups excluding carboxylic acids is 1. The smallest absolute Gasteiger partial charge is 0.260 e. The molecule has 26 heavy (non-hydrogen) atoms. The number of para-hydroxylation sites is 1. The number of nitrogens with one attached hydrogen (secondary N) is 1. The van der Waals surface area contributed by atoms with E-state index in [1.165, 1.54) is 16.6 Å². The lowest BCUT2D eigenvalue weighted by Crippen LogP contribution is -2.38. The van der Waals surface area contributed by atoms with Crippen molar-refractivity contribution in [2.45, 2.75) is 13.0 Å². The van der Waals surface area contributed by atoms with Crippen molar-refractivity contribution >= 4 is 39.6 Å². The predicted octanol–water partition coefficient (Wildman–Crippen LogP) is 3.14. The number of H-pyrrole nitrogens is 1. The lowest BCUT2D eigenvalue weighted by atomic mass is 10.0. The highest BCUT2D eigenvalue weighted by molar-refractivity contribution is 7.00. The molecular formula is C19H16N4O2S. The molecule has 1 amide bonds. The first-order chi connectivity index (χ1) is 12.8. The van der Waals surface area contributed by atoms with E-state index in [1.807, 2.05) is 35.2 Å². The number of aromatic nitrogens is 3. The van der Waals surface area contributed by atoms with Crippen molar-refractivity contribution in [2.75, 3.05) is 13.2 Å². The number of ether oxygens (including phenoxy) is 1. The van der Waals surface area contributed by atoms with Gasteiger partial charge in [-0.2, -0.15) is 8.75 Å². The summed E-state index contributed by atoms with van der Waals surface area (Å²) in [5.41, 5.74) is 5.08. The highest BCUT2D eigenvalue weighted by Gasteiger charge is 2.24. The molecule has 5 rings (SSSR count). The van der Waals surface area contributed by atoms with Crippen molar-refractivity contribution in [2.24, 2.45) is 0 Å². The van der Waals surface area contributed by atoms with Crippen LogP contribution < -0.4 is 4.74 Å². The quantitative estimate of drug-likeness (QED) is 0.606. The topological polar surface area (TPSA) is 71.1 Å². The standard InChI is InChI=1S/C19H16N4O2S/c24-18(11-25-17-7-3-6-16-19(17)22-26-21-16)23-9-8-15-13(10-23)12-4-1-2-5-14(12)20-15/h1-7,20H,8-11H2. The van der Waals surface area contributed by atoms with Crippen LogP contribution >= 0.6 is 11.7 Å². The molecule has 3 heterocycles. The number of hydrogen-bond acceptors (Lipinski definition) is 5. The third kappa shape index (κ3) is 2.52. The molecule has 130 valence electrons. The van der Waals surface area contributed by atoms with Gasteiger partial charge in [-0.15, -0.1) is 0 Å². The molecule has 1 N–H and O–H groups in total. The Labute approximate surface area is 153 Å². The van der Waals surface area contributed by atoms with Crippen LogP contribution in [0.3, 0.4) is 0 Å². The molecular weight excluding hydrogens is 348 g/mol. The van der Waals surface area contributed by atoms with Crippen LogP contribution in [0.1, 0.15) is 11.3 Å². The van der Waals surface area contributed by atoms with Crippen molar-refractivity contribution in [3.8, 4) is 5.75 Å². The van der Waals surface area contributed by atoms with Crippen molar-refractivity contribution in [3.63, 3.8) is 0 Å². The average Bonchev–Trinajstić information content (AvgIpc) is 3.30. The second kappa shape index (κ2) is 6.10. The van der Waals surface area contributed by atoms with Gasteiger partial charge in [-0.3, -0.25) is 4.79 Å². The fraction of sp³-hybridized carbons (Fsp3) is 0.211. The van der Waals surface area contributed by atoms with Crippen molar-refractivity contribution in [1.82, 2.24) is 18.6 Å². The molecule has 0 unspecified atom stereocenters. The van der Waals surface area contributed by atoms with Gasteiger partial charge >= 0.3 is 0 Å². The van der Waals surface area contributed by atoms with E-state index in [0.717, 1.165) is 29.2 Å². The number of nitrogens with zero attached hydrogens (tertiary/aromatic N) is 3. The van der Waals surface area contributed by atoms with Crippen LogP contribution in [0.15, 0.2) is 42.5 Å². The first-order valence-electron chi connectivity index (χ1n) is 8.50. The van der Waals surface area contributed by atoms with Crippen molar-refractivity contribution < 1.29 is 9.53 Å². The van der Waals surface area contributed by atoms with Crippen LogP contribution in [0.2, 0.25) is 0 Å². The van der Waals surface area contributed by atoms with Gasteiger partial charge in [0.1, 0.15) is 16.8 Å². The van der Waals surface area contributed by atoms with E-state index in [0.29, 0.717) is 24.4 Å². The summed E-state index contributed by atoms with van der Waals surface area (Å²) in [4.78, 5) is 18.0. The van der Waals surface area contributed by atoms with Crippen LogP contribution in [-0.4, -0.2) is 37.7 Å². The van der Waals surface area contributed by atoms with Crippen LogP contribution in [-0.2, 0) is 17.8 Å². The number of rotatable bonds is 3. The van der Waals surface area contributed by atoms with Gasteiger partial charge in [0.25, 0.3) is 5.91 Å². The van der Waals surface area contributed by atoms with E-state index in [2.05, 4.69) is 25.9 Å². The Morgan fingerprint density at radius 3 is 3.08 bits per heavy atom. The number of benzene rings is 2. The van der Waals surface area contributed by atoms with Gasteiger partial charge in [-0.1, -0.05) is 24.3 Å². The minimum atomic E-state index is -0.0128. The lowest BCUT2D eigenvalue weighted by molar-refractivity contribution is -0.134. The number of hydrogen-bond donors (Lipinski definition) is 1. The minimum Gasteiger partial charge on any atom is -0.481 e. The lowest BCUT2D eigenvalue weighted by Gasteiger charge is -2.27. The highest BCUT2D eigenvalue weighted by Crippen LogP contribution is 2.28. The summed E-state index contributed by atoms with van der Waals surface area (Å²) in [7, 11) is 0. The van der Waals surface area contributed by atoms with Crippen LogP contribution in [0.5, 0.6) is 5.75 Å². The van der Waals surface area contributed by atoms with E-state index in [-0.39, 0.29) is 12.5 Å². The Balaban J connectivity index is 1.33. The summed E-state index contributed by atoms with van der Waals surface area (Å²) in [6, 6.07) is 13.8. The summed E-state index contributed by atoms with van der Waals surface area (Å²) in [5.74, 6) is 0.593. The number of fused-ring (bicyclic) bond motifs is 4. The zero-order chi connectivity index (χ0) is 17.5. The fourth-order valence-electron chi connectivity index (χ4n) is 3.51. The molecule has 0 aliphatic carbocycles. The molecule has 6 nitrogen and oxygen atoms in total. The molecule has 4 aromatic rings. The minimum absolute atomic E-state index is 0.00826. The SMILES string of the molecule is O=C(COc1cccc2nsnc12)N1CCc2[nH]c3ccccc3c2C1. The van der Waals surface area contributed by atoms with Gasteiger partial charge in [-0.25, -0.2) is 0 Å². The number of aromatic amines is 1. The van der Waals surface area contributed by atoms with Crippen LogP contribution in [0, 0.1) is 0 Å². The van der Waals surface area contributed by atoms with Gasteiger partial charge in [-0.05, 0) is 18.2 Å². The molecule has 0 atom stereocenters. The van der Waals surface area contributed by atoms with Crippen molar-refractivity contribution in [3.05, 3.63) is 53.7 Å². The van der Waals surface area contributed by atoms with Gasteiger partial charge in [0, 0.05) is 41.7 Å². The van der Waals surface area contributed by atoms with Crippen LogP contribution in [0.4, 0.5) is 0 Å². The Morgan fingerprint density at radius 2 is 2.12 bits per heavy atom. The molecule has 1 aliphatic heterocycles. The molecule has 1 aliphatic rings. The molecule has 0 spiro atoms. The summed E-state index contributed by atoms with van der Waals surface area (Å²) < 4.78 is 14.2. The highest BCUT2D eigenvalue weighted by atomic mass is 32.1. The van der Waals surface area contributed by atoms with E-state index in [4.69, 9.17) is 4.74 Å². The van der Waals surface area contributed by atoms with E-state index in [1.54, 1.807) is 0 Å². The Kier molecular flexibility index (Phi) is 3.60. The molecule has 0 bridgehead atoms. The molecule has 7 heteroatoms. The van der Waals surface area contributed by atoms with E-state index >= 15 is 0 Å². The summed E-state index contributed by atoms with van der Waals surface area (Å²) in [6.07, 6.45) is 0.835.